The number of nitrogens with one attached hydrogen (secondary N) is 2. The molecule has 3 N–H and O–H groups in total. The summed E-state index contributed by atoms with van der Waals surface area (Å²) in [7, 11) is 0. The highest BCUT2D eigenvalue weighted by Crippen LogP contribution is 2.34. The molecule has 0 saturated carbocycles. The van der Waals surface area contributed by atoms with E-state index in [0.717, 1.165) is 40.2 Å². The van der Waals surface area contributed by atoms with Gasteiger partial charge in [-0.25, -0.2) is 24.2 Å². The van der Waals surface area contributed by atoms with Gasteiger partial charge in [0.05, 0.1) is 23.6 Å². The molecule has 1 aliphatic rings. The van der Waals surface area contributed by atoms with Crippen molar-refractivity contribution in [2.75, 3.05) is 11.9 Å². The van der Waals surface area contributed by atoms with Gasteiger partial charge >= 0.3 is 5.97 Å². The van der Waals surface area contributed by atoms with Crippen molar-refractivity contribution >= 4 is 80.0 Å². The zero-order chi connectivity index (χ0) is 25.1. The summed E-state index contributed by atoms with van der Waals surface area (Å²) in [6, 6.07) is 5.38. The molecule has 0 radical (unpaired) electrons. The number of anilines is 1. The van der Waals surface area contributed by atoms with Crippen molar-refractivity contribution < 1.29 is 28.3 Å². The number of carboxylic acids is 1. The van der Waals surface area contributed by atoms with Gasteiger partial charge in [0.15, 0.2) is 21.1 Å². The number of aliphatic carboxylic acids is 1. The molecule has 1 saturated heterocycles. The number of carbonyl (C=O) groups is 3. The zero-order valence-corrected chi connectivity index (χ0v) is 20.7. The van der Waals surface area contributed by atoms with Crippen LogP contribution in [0.2, 0.25) is 0 Å². The van der Waals surface area contributed by atoms with Crippen LogP contribution in [0.3, 0.4) is 0 Å². The number of hydrogen-bond acceptors (Lipinski definition) is 9. The van der Waals surface area contributed by atoms with E-state index < -0.39 is 29.4 Å². The number of halogens is 2. The Hall–Kier alpha value is -3.04. The first-order valence-corrected chi connectivity index (χ1v) is 12.7. The van der Waals surface area contributed by atoms with Crippen molar-refractivity contribution in [2.24, 2.45) is 0 Å². The molecule has 180 valence electrons. The lowest BCUT2D eigenvalue weighted by Crippen LogP contribution is -2.44. The van der Waals surface area contributed by atoms with Gasteiger partial charge in [-0.1, -0.05) is 30.0 Å². The SMILES string of the molecule is O=C(O)Cc1csc(NC(=O)CNN2C(=O)C(=Cc3cc(-c4ccc(F)c(F)c4)cs3)SC2=S)n1. The molecule has 0 bridgehead atoms. The fourth-order valence-electron chi connectivity index (χ4n) is 2.90. The molecule has 0 spiro atoms. The van der Waals surface area contributed by atoms with Gasteiger partial charge in [-0.05, 0) is 40.8 Å². The van der Waals surface area contributed by atoms with E-state index in [-0.39, 0.29) is 22.4 Å². The van der Waals surface area contributed by atoms with E-state index in [2.05, 4.69) is 15.7 Å². The Balaban J connectivity index is 1.36. The average molecular weight is 553 g/mol. The van der Waals surface area contributed by atoms with Crippen molar-refractivity contribution in [3.63, 3.8) is 0 Å². The summed E-state index contributed by atoms with van der Waals surface area (Å²) in [5.41, 5.74) is 4.19. The van der Waals surface area contributed by atoms with Crippen molar-refractivity contribution in [3.05, 3.63) is 62.1 Å². The van der Waals surface area contributed by atoms with Gasteiger partial charge in [0.2, 0.25) is 5.91 Å². The Bertz CT molecular complexity index is 1370. The summed E-state index contributed by atoms with van der Waals surface area (Å²) in [6.45, 7) is -0.271. The largest absolute Gasteiger partial charge is 0.481 e. The molecule has 3 aromatic rings. The number of carbonyl (C=O) groups excluding carboxylic acids is 2. The smallest absolute Gasteiger partial charge is 0.309 e. The topological polar surface area (TPSA) is 112 Å². The quantitative estimate of drug-likeness (QED) is 0.283. The molecule has 2 aromatic heterocycles. The molecule has 14 heteroatoms. The minimum atomic E-state index is -1.03. The van der Waals surface area contributed by atoms with Crippen LogP contribution in [0.4, 0.5) is 13.9 Å². The van der Waals surface area contributed by atoms with Crippen LogP contribution in [0.25, 0.3) is 17.2 Å². The number of thioether (sulfide) groups is 1. The number of aromatic nitrogens is 1. The number of hydrazine groups is 1. The van der Waals surface area contributed by atoms with Crippen molar-refractivity contribution in [3.8, 4) is 11.1 Å². The third-order valence-corrected chi connectivity index (χ3v) is 7.46. The zero-order valence-electron chi connectivity index (χ0n) is 17.4. The highest BCUT2D eigenvalue weighted by atomic mass is 32.2. The van der Waals surface area contributed by atoms with Gasteiger partial charge in [-0.2, -0.15) is 0 Å². The monoisotopic (exact) mass is 552 g/mol. The third kappa shape index (κ3) is 6.15. The van der Waals surface area contributed by atoms with Gasteiger partial charge in [0.25, 0.3) is 5.91 Å². The highest BCUT2D eigenvalue weighted by Gasteiger charge is 2.32. The van der Waals surface area contributed by atoms with Crippen LogP contribution in [0.1, 0.15) is 10.6 Å². The van der Waals surface area contributed by atoms with Gasteiger partial charge < -0.3 is 10.4 Å². The lowest BCUT2D eigenvalue weighted by atomic mass is 10.1. The standard InChI is InChI=1S/C21H14F2N4O4S4/c22-14-2-1-10(4-15(14)23)11-3-13(33-8-11)6-16-19(31)27(21(32)35-16)24-7-17(28)26-20-25-12(9-34-20)5-18(29)30/h1-4,6,8-9,24H,5,7H2,(H,29,30)(H,25,26,28). The van der Waals surface area contributed by atoms with E-state index in [1.807, 2.05) is 0 Å². The molecular weight excluding hydrogens is 539 g/mol. The molecule has 1 aromatic carbocycles. The summed E-state index contributed by atoms with van der Waals surface area (Å²) < 4.78 is 26.9. The number of carboxylic acid groups (broad SMARTS) is 1. The molecule has 3 heterocycles. The first-order valence-electron chi connectivity index (χ1n) is 9.71. The van der Waals surface area contributed by atoms with Crippen molar-refractivity contribution in [2.45, 2.75) is 6.42 Å². The lowest BCUT2D eigenvalue weighted by Gasteiger charge is -2.15. The number of nitrogens with zero attached hydrogens (tertiary/aromatic N) is 2. The lowest BCUT2D eigenvalue weighted by molar-refractivity contribution is -0.136. The van der Waals surface area contributed by atoms with E-state index in [9.17, 15) is 23.2 Å². The van der Waals surface area contributed by atoms with E-state index >= 15 is 0 Å². The Morgan fingerprint density at radius 3 is 2.69 bits per heavy atom. The van der Waals surface area contributed by atoms with Crippen LogP contribution in [-0.4, -0.2) is 43.7 Å². The number of thiocarbonyl (C=S) groups is 1. The van der Waals surface area contributed by atoms with Crippen LogP contribution in [0, 0.1) is 11.6 Å². The maximum Gasteiger partial charge on any atom is 0.309 e. The van der Waals surface area contributed by atoms with Crippen LogP contribution in [0.5, 0.6) is 0 Å². The maximum absolute atomic E-state index is 13.5. The summed E-state index contributed by atoms with van der Waals surface area (Å²) in [5.74, 6) is -3.83. The number of rotatable bonds is 8. The third-order valence-electron chi connectivity index (χ3n) is 4.47. The summed E-state index contributed by atoms with van der Waals surface area (Å²) in [6.07, 6.45) is 1.38. The summed E-state index contributed by atoms with van der Waals surface area (Å²) in [4.78, 5) is 40.7. The highest BCUT2D eigenvalue weighted by molar-refractivity contribution is 8.26. The Morgan fingerprint density at radius 2 is 1.94 bits per heavy atom. The second kappa shape index (κ2) is 10.7. The molecule has 35 heavy (non-hydrogen) atoms. The minimum absolute atomic E-state index is 0.212. The predicted octanol–water partition coefficient (Wildman–Crippen LogP) is 4.12. The number of thiophene rings is 1. The Labute approximate surface area is 214 Å². The van der Waals surface area contributed by atoms with Crippen LogP contribution in [-0.2, 0) is 20.8 Å². The van der Waals surface area contributed by atoms with Crippen molar-refractivity contribution in [1.82, 2.24) is 15.4 Å². The molecule has 4 rings (SSSR count). The molecule has 1 aliphatic heterocycles. The first kappa shape index (κ1) is 25.1. The predicted molar refractivity (Wildman–Crippen MR) is 135 cm³/mol. The fraction of sp³-hybridized carbons (Fsp3) is 0.0952. The Morgan fingerprint density at radius 1 is 1.14 bits per heavy atom. The number of amides is 2. The second-order valence-electron chi connectivity index (χ2n) is 6.98. The van der Waals surface area contributed by atoms with Crippen LogP contribution >= 0.6 is 46.7 Å². The number of hydrogen-bond donors (Lipinski definition) is 3. The van der Waals surface area contributed by atoms with Crippen LogP contribution < -0.4 is 10.7 Å². The second-order valence-corrected chi connectivity index (χ2v) is 10.5. The average Bonchev–Trinajstić information content (AvgIpc) is 3.49. The van der Waals surface area contributed by atoms with Gasteiger partial charge in [0, 0.05) is 10.3 Å². The first-order chi connectivity index (χ1) is 16.7. The molecular formula is C21H14F2N4O4S4. The molecule has 8 nitrogen and oxygen atoms in total. The number of benzene rings is 1. The molecule has 0 aliphatic carbocycles. The van der Waals surface area contributed by atoms with E-state index in [0.29, 0.717) is 26.6 Å². The normalized spacial score (nSPS) is 14.7. The summed E-state index contributed by atoms with van der Waals surface area (Å²) >= 11 is 8.71. The fourth-order valence-corrected chi connectivity index (χ4v) is 5.76. The van der Waals surface area contributed by atoms with Gasteiger partial charge in [-0.3, -0.25) is 14.4 Å². The molecule has 0 unspecified atom stereocenters. The summed E-state index contributed by atoms with van der Waals surface area (Å²) in [5, 5.41) is 15.9. The molecule has 0 atom stereocenters. The number of thiazole rings is 1. The minimum Gasteiger partial charge on any atom is -0.481 e. The van der Waals surface area contributed by atoms with Crippen molar-refractivity contribution in [1.29, 1.82) is 0 Å². The molecule has 1 fully saturated rings. The van der Waals surface area contributed by atoms with Crippen LogP contribution in [0.15, 0.2) is 39.9 Å². The van der Waals surface area contributed by atoms with E-state index in [1.165, 1.54) is 22.8 Å². The Kier molecular flexibility index (Phi) is 7.66. The maximum atomic E-state index is 13.5. The van der Waals surface area contributed by atoms with Gasteiger partial charge in [0.1, 0.15) is 0 Å². The van der Waals surface area contributed by atoms with Gasteiger partial charge in [-0.15, -0.1) is 22.7 Å². The van der Waals surface area contributed by atoms with E-state index in [4.69, 9.17) is 17.3 Å². The molecule has 2 amide bonds. The van der Waals surface area contributed by atoms with E-state index in [1.54, 1.807) is 17.5 Å².